The van der Waals surface area contributed by atoms with Gasteiger partial charge in [0.25, 0.3) is 0 Å². The Balaban J connectivity index is 2.89. The first-order valence-electron chi connectivity index (χ1n) is 5.75. The van der Waals surface area contributed by atoms with Crippen LogP contribution in [0.4, 0.5) is 10.1 Å². The Morgan fingerprint density at radius 3 is 2.72 bits per heavy atom. The van der Waals surface area contributed by atoms with Gasteiger partial charge in [-0.1, -0.05) is 6.92 Å². The van der Waals surface area contributed by atoms with E-state index in [1.165, 1.54) is 25.3 Å². The van der Waals surface area contributed by atoms with Crippen LogP contribution in [0.3, 0.4) is 0 Å². The van der Waals surface area contributed by atoms with Gasteiger partial charge in [0.05, 0.1) is 25.0 Å². The number of halogens is 1. The van der Waals surface area contributed by atoms with Crippen LogP contribution in [-0.2, 0) is 9.47 Å². The number of anilines is 1. The number of methoxy groups -OCH3 is 2. The van der Waals surface area contributed by atoms with E-state index in [1.807, 2.05) is 6.92 Å². The first kappa shape index (κ1) is 14.4. The summed E-state index contributed by atoms with van der Waals surface area (Å²) in [6.07, 6.45) is 0.787. The van der Waals surface area contributed by atoms with Crippen molar-refractivity contribution >= 4 is 11.7 Å². The lowest BCUT2D eigenvalue weighted by Gasteiger charge is -2.18. The Bertz CT molecular complexity index is 409. The van der Waals surface area contributed by atoms with E-state index >= 15 is 0 Å². The van der Waals surface area contributed by atoms with Crippen molar-refractivity contribution < 1.29 is 18.7 Å². The molecule has 0 aliphatic rings. The first-order chi connectivity index (χ1) is 8.62. The van der Waals surface area contributed by atoms with Crippen LogP contribution >= 0.6 is 0 Å². The molecule has 0 radical (unpaired) electrons. The summed E-state index contributed by atoms with van der Waals surface area (Å²) >= 11 is 0. The zero-order valence-corrected chi connectivity index (χ0v) is 10.8. The van der Waals surface area contributed by atoms with E-state index in [4.69, 9.17) is 4.74 Å². The summed E-state index contributed by atoms with van der Waals surface area (Å²) in [4.78, 5) is 11.4. The smallest absolute Gasteiger partial charge is 0.337 e. The Morgan fingerprint density at radius 2 is 2.17 bits per heavy atom. The fourth-order valence-corrected chi connectivity index (χ4v) is 1.56. The number of carbonyl (C=O) groups excluding carboxylic acids is 1. The molecule has 0 spiro atoms. The molecule has 0 heterocycles. The second-order valence-corrected chi connectivity index (χ2v) is 3.89. The van der Waals surface area contributed by atoms with Crippen LogP contribution < -0.4 is 5.32 Å². The molecule has 1 aromatic carbocycles. The summed E-state index contributed by atoms with van der Waals surface area (Å²) in [6, 6.07) is 4.08. The minimum atomic E-state index is -0.488. The van der Waals surface area contributed by atoms with Gasteiger partial charge in [-0.2, -0.15) is 0 Å². The van der Waals surface area contributed by atoms with E-state index in [0.717, 1.165) is 6.42 Å². The normalized spacial score (nSPS) is 12.0. The van der Waals surface area contributed by atoms with Crippen molar-refractivity contribution in [3.63, 3.8) is 0 Å². The van der Waals surface area contributed by atoms with Crippen molar-refractivity contribution in [1.82, 2.24) is 0 Å². The molecule has 0 aromatic heterocycles. The van der Waals surface area contributed by atoms with Crippen molar-refractivity contribution in [3.05, 3.63) is 29.6 Å². The van der Waals surface area contributed by atoms with Crippen molar-refractivity contribution in [2.75, 3.05) is 26.1 Å². The maximum atomic E-state index is 13.6. The number of esters is 1. The van der Waals surface area contributed by atoms with Gasteiger partial charge in [-0.3, -0.25) is 0 Å². The standard InChI is InChI=1S/C13H18FNO3/c1-4-10(8-17-2)15-12-7-9(13(16)18-3)5-6-11(12)14/h5-7,10,15H,4,8H2,1-3H3. The van der Waals surface area contributed by atoms with Crippen LogP contribution in [0.25, 0.3) is 0 Å². The number of ether oxygens (including phenoxy) is 2. The van der Waals surface area contributed by atoms with Crippen LogP contribution in [0.5, 0.6) is 0 Å². The number of carbonyl (C=O) groups is 1. The van der Waals surface area contributed by atoms with E-state index in [2.05, 4.69) is 10.1 Å². The van der Waals surface area contributed by atoms with Crippen molar-refractivity contribution in [3.8, 4) is 0 Å². The number of hydrogen-bond donors (Lipinski definition) is 1. The van der Waals surface area contributed by atoms with E-state index in [0.29, 0.717) is 12.2 Å². The Morgan fingerprint density at radius 1 is 1.44 bits per heavy atom. The van der Waals surface area contributed by atoms with Crippen LogP contribution in [0.2, 0.25) is 0 Å². The van der Waals surface area contributed by atoms with E-state index < -0.39 is 11.8 Å². The van der Waals surface area contributed by atoms with Crippen LogP contribution in [0.15, 0.2) is 18.2 Å². The number of benzene rings is 1. The lowest BCUT2D eigenvalue weighted by molar-refractivity contribution is 0.0600. The van der Waals surface area contributed by atoms with Crippen LogP contribution in [0.1, 0.15) is 23.7 Å². The predicted octanol–water partition coefficient (Wildman–Crippen LogP) is 2.45. The summed E-state index contributed by atoms with van der Waals surface area (Å²) in [5.74, 6) is -0.893. The van der Waals surface area contributed by atoms with Crippen molar-refractivity contribution in [1.29, 1.82) is 0 Å². The van der Waals surface area contributed by atoms with Gasteiger partial charge >= 0.3 is 5.97 Å². The third-order valence-electron chi connectivity index (χ3n) is 2.61. The first-order valence-corrected chi connectivity index (χ1v) is 5.75. The molecule has 0 aliphatic carbocycles. The Hall–Kier alpha value is -1.62. The van der Waals surface area contributed by atoms with Gasteiger partial charge in [0.1, 0.15) is 5.82 Å². The lowest BCUT2D eigenvalue weighted by atomic mass is 10.1. The molecule has 4 nitrogen and oxygen atoms in total. The molecular weight excluding hydrogens is 237 g/mol. The summed E-state index contributed by atoms with van der Waals surface area (Å²) < 4.78 is 23.2. The third-order valence-corrected chi connectivity index (χ3v) is 2.61. The molecule has 0 fully saturated rings. The van der Waals surface area contributed by atoms with E-state index in [-0.39, 0.29) is 11.7 Å². The molecule has 5 heteroatoms. The highest BCUT2D eigenvalue weighted by Crippen LogP contribution is 2.18. The maximum absolute atomic E-state index is 13.6. The topological polar surface area (TPSA) is 47.6 Å². The third kappa shape index (κ3) is 3.70. The van der Waals surface area contributed by atoms with Gasteiger partial charge in [-0.25, -0.2) is 9.18 Å². The van der Waals surface area contributed by atoms with E-state index in [9.17, 15) is 9.18 Å². The number of nitrogens with one attached hydrogen (secondary N) is 1. The summed E-state index contributed by atoms with van der Waals surface area (Å²) in [6.45, 7) is 2.44. The van der Waals surface area contributed by atoms with Gasteiger partial charge in [0.2, 0.25) is 0 Å². The highest BCUT2D eigenvalue weighted by atomic mass is 19.1. The molecule has 1 atom stereocenters. The zero-order chi connectivity index (χ0) is 13.5. The molecule has 0 saturated carbocycles. The molecule has 100 valence electrons. The lowest BCUT2D eigenvalue weighted by Crippen LogP contribution is -2.24. The van der Waals surface area contributed by atoms with E-state index in [1.54, 1.807) is 7.11 Å². The van der Waals surface area contributed by atoms with Gasteiger partial charge in [-0.15, -0.1) is 0 Å². The molecule has 0 bridgehead atoms. The summed E-state index contributed by atoms with van der Waals surface area (Å²) in [7, 11) is 2.88. The molecule has 18 heavy (non-hydrogen) atoms. The quantitative estimate of drug-likeness (QED) is 0.793. The second kappa shape index (κ2) is 6.96. The highest BCUT2D eigenvalue weighted by Gasteiger charge is 2.12. The van der Waals surface area contributed by atoms with Crippen LogP contribution in [0, 0.1) is 5.82 Å². The molecule has 0 aliphatic heterocycles. The molecule has 0 amide bonds. The molecule has 1 aromatic rings. The van der Waals surface area contributed by atoms with Crippen molar-refractivity contribution in [2.45, 2.75) is 19.4 Å². The minimum Gasteiger partial charge on any atom is -0.465 e. The van der Waals surface area contributed by atoms with Gasteiger partial charge in [0, 0.05) is 13.2 Å². The maximum Gasteiger partial charge on any atom is 0.337 e. The summed E-state index contributed by atoms with van der Waals surface area (Å²) in [5, 5.41) is 3.01. The Kier molecular flexibility index (Phi) is 5.58. The summed E-state index contributed by atoms with van der Waals surface area (Å²) in [5.41, 5.74) is 0.593. The molecule has 0 saturated heterocycles. The van der Waals surface area contributed by atoms with Gasteiger partial charge in [0.15, 0.2) is 0 Å². The molecule has 1 N–H and O–H groups in total. The Labute approximate surface area is 106 Å². The van der Waals surface area contributed by atoms with Crippen LogP contribution in [-0.4, -0.2) is 32.8 Å². The van der Waals surface area contributed by atoms with Gasteiger partial charge < -0.3 is 14.8 Å². The predicted molar refractivity (Wildman–Crippen MR) is 67.3 cm³/mol. The second-order valence-electron chi connectivity index (χ2n) is 3.89. The SMILES string of the molecule is CCC(COC)Nc1cc(C(=O)OC)ccc1F. The number of hydrogen-bond acceptors (Lipinski definition) is 4. The minimum absolute atomic E-state index is 0.00241. The fourth-order valence-electron chi connectivity index (χ4n) is 1.56. The molecule has 1 rings (SSSR count). The molecule has 1 unspecified atom stereocenters. The van der Waals surface area contributed by atoms with Crippen molar-refractivity contribution in [2.24, 2.45) is 0 Å². The average Bonchev–Trinajstić information content (AvgIpc) is 2.39. The highest BCUT2D eigenvalue weighted by molar-refractivity contribution is 5.90. The molecular formula is C13H18FNO3. The number of rotatable bonds is 6. The average molecular weight is 255 g/mol. The monoisotopic (exact) mass is 255 g/mol. The van der Waals surface area contributed by atoms with Gasteiger partial charge in [-0.05, 0) is 24.6 Å². The fraction of sp³-hybridized carbons (Fsp3) is 0.462. The largest absolute Gasteiger partial charge is 0.465 e. The zero-order valence-electron chi connectivity index (χ0n) is 10.8.